The summed E-state index contributed by atoms with van der Waals surface area (Å²) in [4.78, 5) is 24.2. The standard InChI is InChI=1S/C24H25ClN4O2/c1-15(18-12-21(31-2)26-13-19(18)25)23(30)29-10-9-24(14-29)8-7-17-11-16-5-3-4-6-20(16)27-22(17)28-24/h3-6,11-13,15H,7-10,14H2,1-2H3,(H,27,28)/t15-,24?/m1/s1. The first-order chi connectivity index (χ1) is 15.0. The van der Waals surface area contributed by atoms with E-state index in [0.29, 0.717) is 17.4 Å². The maximum atomic E-state index is 13.3. The van der Waals surface area contributed by atoms with Crippen molar-refractivity contribution in [3.05, 3.63) is 58.7 Å². The van der Waals surface area contributed by atoms with Crippen LogP contribution in [0.25, 0.3) is 10.9 Å². The van der Waals surface area contributed by atoms with E-state index in [1.165, 1.54) is 10.9 Å². The molecule has 1 aromatic carbocycles. The molecule has 1 spiro atoms. The molecule has 0 aliphatic carbocycles. The molecule has 31 heavy (non-hydrogen) atoms. The van der Waals surface area contributed by atoms with Crippen molar-refractivity contribution in [3.8, 4) is 5.88 Å². The number of carbonyl (C=O) groups is 1. The fraction of sp³-hybridized carbons (Fsp3) is 0.375. The molecule has 3 aromatic rings. The molecule has 6 nitrogen and oxygen atoms in total. The monoisotopic (exact) mass is 436 g/mol. The van der Waals surface area contributed by atoms with Gasteiger partial charge in [0.1, 0.15) is 5.82 Å². The lowest BCUT2D eigenvalue weighted by Crippen LogP contribution is -2.46. The summed E-state index contributed by atoms with van der Waals surface area (Å²) in [5.41, 5.74) is 2.86. The molecule has 4 heterocycles. The molecule has 1 N–H and O–H groups in total. The predicted molar refractivity (Wildman–Crippen MR) is 122 cm³/mol. The Morgan fingerprint density at radius 3 is 2.97 bits per heavy atom. The number of nitrogens with one attached hydrogen (secondary N) is 1. The highest BCUT2D eigenvalue weighted by Crippen LogP contribution is 2.38. The van der Waals surface area contributed by atoms with E-state index >= 15 is 0 Å². The van der Waals surface area contributed by atoms with Crippen molar-refractivity contribution in [3.63, 3.8) is 0 Å². The van der Waals surface area contributed by atoms with Gasteiger partial charge in [-0.1, -0.05) is 29.8 Å². The van der Waals surface area contributed by atoms with Gasteiger partial charge in [-0.3, -0.25) is 4.79 Å². The zero-order chi connectivity index (χ0) is 21.6. The topological polar surface area (TPSA) is 67.3 Å². The Kier molecular flexibility index (Phi) is 4.97. The lowest BCUT2D eigenvalue weighted by Gasteiger charge is -2.36. The number of pyridine rings is 2. The van der Waals surface area contributed by atoms with Crippen molar-refractivity contribution in [2.45, 2.75) is 37.6 Å². The minimum atomic E-state index is -0.363. The normalized spacial score (nSPS) is 21.1. The SMILES string of the molecule is COc1cc([C@@H](C)C(=O)N2CCC3(CCc4cc5ccccc5nc4N3)C2)c(Cl)cn1. The smallest absolute Gasteiger partial charge is 0.229 e. The maximum absolute atomic E-state index is 13.3. The molecule has 160 valence electrons. The van der Waals surface area contributed by atoms with Gasteiger partial charge < -0.3 is 15.0 Å². The Bertz CT molecular complexity index is 1170. The molecule has 1 saturated heterocycles. The number of para-hydroxylation sites is 1. The van der Waals surface area contributed by atoms with Crippen LogP contribution in [0.15, 0.2) is 42.6 Å². The van der Waals surface area contributed by atoms with Crippen LogP contribution in [0.3, 0.4) is 0 Å². The van der Waals surface area contributed by atoms with Crippen LogP contribution >= 0.6 is 11.6 Å². The van der Waals surface area contributed by atoms with Gasteiger partial charge in [0.25, 0.3) is 0 Å². The van der Waals surface area contributed by atoms with Crippen LogP contribution in [0.2, 0.25) is 5.02 Å². The molecule has 5 rings (SSSR count). The molecule has 7 heteroatoms. The third-order valence-corrected chi connectivity index (χ3v) is 6.95. The Balaban J connectivity index is 1.35. The van der Waals surface area contributed by atoms with E-state index < -0.39 is 0 Å². The molecule has 2 aromatic heterocycles. The highest BCUT2D eigenvalue weighted by molar-refractivity contribution is 6.31. The number of hydrogen-bond acceptors (Lipinski definition) is 5. The van der Waals surface area contributed by atoms with E-state index in [-0.39, 0.29) is 17.4 Å². The zero-order valence-corrected chi connectivity index (χ0v) is 18.4. The number of anilines is 1. The fourth-order valence-corrected chi connectivity index (χ4v) is 5.06. The number of halogens is 1. The van der Waals surface area contributed by atoms with Crippen molar-refractivity contribution >= 4 is 34.2 Å². The molecule has 1 fully saturated rings. The van der Waals surface area contributed by atoms with Gasteiger partial charge in [-0.25, -0.2) is 9.97 Å². The largest absolute Gasteiger partial charge is 0.481 e. The number of amides is 1. The van der Waals surface area contributed by atoms with Crippen molar-refractivity contribution in [1.82, 2.24) is 14.9 Å². The Morgan fingerprint density at radius 2 is 2.13 bits per heavy atom. The number of aromatic nitrogens is 2. The molecule has 0 radical (unpaired) electrons. The molecule has 1 amide bonds. The summed E-state index contributed by atoms with van der Waals surface area (Å²) in [5, 5.41) is 5.35. The van der Waals surface area contributed by atoms with E-state index in [4.69, 9.17) is 21.3 Å². The molecular formula is C24H25ClN4O2. The first-order valence-electron chi connectivity index (χ1n) is 10.6. The molecule has 2 aliphatic heterocycles. The Hall–Kier alpha value is -2.86. The number of hydrogen-bond donors (Lipinski definition) is 1. The van der Waals surface area contributed by atoms with Gasteiger partial charge in [0.15, 0.2) is 0 Å². The number of methoxy groups -OCH3 is 1. The van der Waals surface area contributed by atoms with Crippen LogP contribution in [0.4, 0.5) is 5.82 Å². The number of nitrogens with zero attached hydrogens (tertiary/aromatic N) is 3. The number of likely N-dealkylation sites (tertiary alicyclic amines) is 1. The van der Waals surface area contributed by atoms with Gasteiger partial charge in [0.05, 0.1) is 29.1 Å². The molecule has 2 atom stereocenters. The van der Waals surface area contributed by atoms with Crippen molar-refractivity contribution in [1.29, 1.82) is 0 Å². The molecule has 2 aliphatic rings. The second-order valence-corrected chi connectivity index (χ2v) is 8.98. The van der Waals surface area contributed by atoms with Gasteiger partial charge in [-0.05, 0) is 49.4 Å². The van der Waals surface area contributed by atoms with Crippen LogP contribution in [-0.2, 0) is 11.2 Å². The Labute approximate surface area is 186 Å². The first kappa shape index (κ1) is 20.1. The van der Waals surface area contributed by atoms with Crippen LogP contribution in [0, 0.1) is 0 Å². The third kappa shape index (κ3) is 3.59. The minimum absolute atomic E-state index is 0.0751. The van der Waals surface area contributed by atoms with Crippen LogP contribution in [-0.4, -0.2) is 46.5 Å². The van der Waals surface area contributed by atoms with Gasteiger partial charge in [-0.2, -0.15) is 0 Å². The van der Waals surface area contributed by atoms with Crippen LogP contribution in [0.1, 0.15) is 36.8 Å². The second-order valence-electron chi connectivity index (χ2n) is 8.57. The fourth-order valence-electron chi connectivity index (χ4n) is 4.80. The molecular weight excluding hydrogens is 412 g/mol. The molecule has 0 saturated carbocycles. The highest BCUT2D eigenvalue weighted by atomic mass is 35.5. The van der Waals surface area contributed by atoms with E-state index in [1.54, 1.807) is 19.4 Å². The lowest BCUT2D eigenvalue weighted by atomic mass is 9.86. The lowest BCUT2D eigenvalue weighted by molar-refractivity contribution is -0.131. The average Bonchev–Trinajstić information content (AvgIpc) is 3.20. The van der Waals surface area contributed by atoms with Crippen molar-refractivity contribution in [2.24, 2.45) is 0 Å². The average molecular weight is 437 g/mol. The van der Waals surface area contributed by atoms with Gasteiger partial charge in [0.2, 0.25) is 11.8 Å². The van der Waals surface area contributed by atoms with Crippen LogP contribution in [0.5, 0.6) is 5.88 Å². The predicted octanol–water partition coefficient (Wildman–Crippen LogP) is 4.42. The van der Waals surface area contributed by atoms with Gasteiger partial charge in [-0.15, -0.1) is 0 Å². The number of benzene rings is 1. The van der Waals surface area contributed by atoms with E-state index in [0.717, 1.165) is 42.7 Å². The van der Waals surface area contributed by atoms with E-state index in [2.05, 4.69) is 22.4 Å². The number of ether oxygens (including phenoxy) is 1. The quantitative estimate of drug-likeness (QED) is 0.658. The van der Waals surface area contributed by atoms with Gasteiger partial charge >= 0.3 is 0 Å². The molecule has 1 unspecified atom stereocenters. The Morgan fingerprint density at radius 1 is 1.29 bits per heavy atom. The summed E-state index contributed by atoms with van der Waals surface area (Å²) in [6, 6.07) is 12.2. The summed E-state index contributed by atoms with van der Waals surface area (Å²) in [6.45, 7) is 3.29. The first-order valence-corrected chi connectivity index (χ1v) is 11.0. The second kappa shape index (κ2) is 7.68. The summed E-state index contributed by atoms with van der Waals surface area (Å²) >= 11 is 6.34. The summed E-state index contributed by atoms with van der Waals surface area (Å²) in [5.74, 6) is 1.12. The minimum Gasteiger partial charge on any atom is -0.481 e. The van der Waals surface area contributed by atoms with Crippen LogP contribution < -0.4 is 10.1 Å². The van der Waals surface area contributed by atoms with Gasteiger partial charge in [0, 0.05) is 30.7 Å². The highest BCUT2D eigenvalue weighted by Gasteiger charge is 2.43. The number of fused-ring (bicyclic) bond motifs is 2. The number of aryl methyl sites for hydroxylation is 1. The van der Waals surface area contributed by atoms with E-state index in [9.17, 15) is 4.79 Å². The summed E-state index contributed by atoms with van der Waals surface area (Å²) in [6.07, 6.45) is 4.40. The zero-order valence-electron chi connectivity index (χ0n) is 17.7. The van der Waals surface area contributed by atoms with Crippen molar-refractivity contribution in [2.75, 3.05) is 25.5 Å². The van der Waals surface area contributed by atoms with E-state index in [1.807, 2.05) is 30.0 Å². The summed E-state index contributed by atoms with van der Waals surface area (Å²) < 4.78 is 5.21. The number of rotatable bonds is 3. The summed E-state index contributed by atoms with van der Waals surface area (Å²) in [7, 11) is 1.56. The maximum Gasteiger partial charge on any atom is 0.229 e. The number of carbonyl (C=O) groups excluding carboxylic acids is 1. The third-order valence-electron chi connectivity index (χ3n) is 6.63. The molecule has 0 bridgehead atoms. The van der Waals surface area contributed by atoms with Crippen molar-refractivity contribution < 1.29 is 9.53 Å².